The Morgan fingerprint density at radius 2 is 2.31 bits per heavy atom. The van der Waals surface area contributed by atoms with Crippen molar-refractivity contribution in [2.45, 2.75) is 51.0 Å². The van der Waals surface area contributed by atoms with Crippen LogP contribution in [0.1, 0.15) is 50.4 Å². The normalized spacial score (nSPS) is 28.9. The summed E-state index contributed by atoms with van der Waals surface area (Å²) in [6.45, 7) is 6.80. The van der Waals surface area contributed by atoms with E-state index in [1.165, 1.54) is 43.5 Å². The topological polar surface area (TPSA) is 29.9 Å². The summed E-state index contributed by atoms with van der Waals surface area (Å²) < 4.78 is 2.26. The number of aromatic nitrogens is 2. The Bertz CT molecular complexity index is 386. The first-order valence-corrected chi connectivity index (χ1v) is 6.50. The second-order valence-corrected chi connectivity index (χ2v) is 5.62. The van der Waals surface area contributed by atoms with Gasteiger partial charge in [0.25, 0.3) is 0 Å². The van der Waals surface area contributed by atoms with Crippen molar-refractivity contribution in [1.29, 1.82) is 0 Å². The molecule has 0 unspecified atom stereocenters. The van der Waals surface area contributed by atoms with E-state index < -0.39 is 0 Å². The molecular formula is C13H21N3. The molecule has 16 heavy (non-hydrogen) atoms. The molecule has 1 fully saturated rings. The first kappa shape index (κ1) is 10.3. The zero-order valence-corrected chi connectivity index (χ0v) is 10.3. The third kappa shape index (κ3) is 1.34. The smallest absolute Gasteiger partial charge is 0.0525 e. The highest BCUT2D eigenvalue weighted by Crippen LogP contribution is 2.43. The lowest BCUT2D eigenvalue weighted by molar-refractivity contribution is 0.286. The molecule has 1 saturated heterocycles. The van der Waals surface area contributed by atoms with Crippen LogP contribution in [0.15, 0.2) is 6.20 Å². The molecule has 1 spiro atoms. The molecule has 0 radical (unpaired) electrons. The molecule has 2 aliphatic rings. The van der Waals surface area contributed by atoms with Crippen LogP contribution in [-0.2, 0) is 11.8 Å². The molecule has 3 rings (SSSR count). The van der Waals surface area contributed by atoms with Gasteiger partial charge in [-0.25, -0.2) is 0 Å². The second-order valence-electron chi connectivity index (χ2n) is 5.62. The molecule has 0 aromatic carbocycles. The van der Waals surface area contributed by atoms with Gasteiger partial charge in [0, 0.05) is 23.7 Å². The molecule has 3 heteroatoms. The van der Waals surface area contributed by atoms with E-state index >= 15 is 0 Å². The van der Waals surface area contributed by atoms with E-state index in [4.69, 9.17) is 0 Å². The molecule has 0 amide bonds. The summed E-state index contributed by atoms with van der Waals surface area (Å²) in [5.74, 6) is 0. The van der Waals surface area contributed by atoms with Crippen LogP contribution < -0.4 is 5.32 Å². The highest BCUT2D eigenvalue weighted by atomic mass is 15.3. The first-order chi connectivity index (χ1) is 7.73. The Kier molecular flexibility index (Phi) is 2.32. The van der Waals surface area contributed by atoms with Gasteiger partial charge in [-0.15, -0.1) is 0 Å². The Morgan fingerprint density at radius 1 is 1.44 bits per heavy atom. The van der Waals surface area contributed by atoms with Gasteiger partial charge in [-0.2, -0.15) is 5.10 Å². The molecule has 1 aromatic heterocycles. The minimum absolute atomic E-state index is 0.397. The molecule has 2 heterocycles. The maximum Gasteiger partial charge on any atom is 0.0525 e. The van der Waals surface area contributed by atoms with Gasteiger partial charge in [-0.05, 0) is 51.6 Å². The molecule has 1 atom stereocenters. The maximum atomic E-state index is 4.58. The lowest BCUT2D eigenvalue weighted by atomic mass is 9.78. The molecule has 1 N–H and O–H groups in total. The van der Waals surface area contributed by atoms with Crippen molar-refractivity contribution in [3.63, 3.8) is 0 Å². The van der Waals surface area contributed by atoms with Gasteiger partial charge >= 0.3 is 0 Å². The van der Waals surface area contributed by atoms with E-state index in [1.807, 2.05) is 0 Å². The summed E-state index contributed by atoms with van der Waals surface area (Å²) in [5.41, 5.74) is 3.43. The van der Waals surface area contributed by atoms with Gasteiger partial charge in [0.15, 0.2) is 0 Å². The molecule has 1 aliphatic carbocycles. The van der Waals surface area contributed by atoms with Crippen LogP contribution in [0.2, 0.25) is 0 Å². The predicted molar refractivity (Wildman–Crippen MR) is 64.7 cm³/mol. The maximum absolute atomic E-state index is 4.58. The molecule has 3 nitrogen and oxygen atoms in total. The largest absolute Gasteiger partial charge is 0.316 e. The standard InChI is InChI=1S/C13H21N3/c1-10(2)16-12-11(8-15-16)4-6-13(12)5-3-7-14-9-13/h8,10,14H,3-7,9H2,1-2H3/t13-/m1/s1. The van der Waals surface area contributed by atoms with E-state index in [1.54, 1.807) is 0 Å². The minimum Gasteiger partial charge on any atom is -0.316 e. The molecular weight excluding hydrogens is 198 g/mol. The number of hydrogen-bond donors (Lipinski definition) is 1. The van der Waals surface area contributed by atoms with E-state index in [0.29, 0.717) is 11.5 Å². The number of nitrogens with one attached hydrogen (secondary N) is 1. The van der Waals surface area contributed by atoms with Crippen LogP contribution in [-0.4, -0.2) is 22.9 Å². The van der Waals surface area contributed by atoms with Crippen LogP contribution in [0, 0.1) is 0 Å². The molecule has 0 saturated carbocycles. The van der Waals surface area contributed by atoms with E-state index in [0.717, 1.165) is 6.54 Å². The molecule has 0 bridgehead atoms. The van der Waals surface area contributed by atoms with Crippen molar-refractivity contribution < 1.29 is 0 Å². The fourth-order valence-electron chi connectivity index (χ4n) is 3.43. The zero-order chi connectivity index (χ0) is 11.2. The zero-order valence-electron chi connectivity index (χ0n) is 10.3. The summed E-state index contributed by atoms with van der Waals surface area (Å²) >= 11 is 0. The van der Waals surface area contributed by atoms with Crippen molar-refractivity contribution in [1.82, 2.24) is 15.1 Å². The third-order valence-electron chi connectivity index (χ3n) is 4.21. The van der Waals surface area contributed by atoms with Gasteiger partial charge in [-0.3, -0.25) is 4.68 Å². The quantitative estimate of drug-likeness (QED) is 0.783. The van der Waals surface area contributed by atoms with E-state index in [9.17, 15) is 0 Å². The van der Waals surface area contributed by atoms with Crippen LogP contribution in [0.5, 0.6) is 0 Å². The summed E-state index contributed by atoms with van der Waals surface area (Å²) in [5, 5.41) is 8.15. The Morgan fingerprint density at radius 3 is 3.00 bits per heavy atom. The van der Waals surface area contributed by atoms with Gasteiger partial charge in [-0.1, -0.05) is 0 Å². The van der Waals surface area contributed by atoms with Gasteiger partial charge in [0.2, 0.25) is 0 Å². The summed E-state index contributed by atoms with van der Waals surface area (Å²) in [6.07, 6.45) is 7.29. The van der Waals surface area contributed by atoms with Crippen LogP contribution in [0.4, 0.5) is 0 Å². The van der Waals surface area contributed by atoms with Gasteiger partial charge in [0.1, 0.15) is 0 Å². The Balaban J connectivity index is 2.05. The second kappa shape index (κ2) is 3.59. The number of hydrogen-bond acceptors (Lipinski definition) is 2. The van der Waals surface area contributed by atoms with Crippen molar-refractivity contribution in [3.05, 3.63) is 17.5 Å². The van der Waals surface area contributed by atoms with Gasteiger partial charge in [0.05, 0.1) is 6.20 Å². The fourth-order valence-corrected chi connectivity index (χ4v) is 3.43. The molecule has 1 aromatic rings. The average Bonchev–Trinajstić information content (AvgIpc) is 2.83. The van der Waals surface area contributed by atoms with Crippen molar-refractivity contribution in [2.24, 2.45) is 0 Å². The Labute approximate surface area is 97.2 Å². The Hall–Kier alpha value is -0.830. The number of fused-ring (bicyclic) bond motifs is 2. The lowest BCUT2D eigenvalue weighted by Crippen LogP contribution is -2.43. The lowest BCUT2D eigenvalue weighted by Gasteiger charge is -2.35. The monoisotopic (exact) mass is 219 g/mol. The summed E-state index contributed by atoms with van der Waals surface area (Å²) in [6, 6.07) is 0.487. The predicted octanol–water partition coefficient (Wildman–Crippen LogP) is 2.03. The van der Waals surface area contributed by atoms with Crippen LogP contribution in [0.25, 0.3) is 0 Å². The van der Waals surface area contributed by atoms with Gasteiger partial charge < -0.3 is 5.32 Å². The summed E-state index contributed by atoms with van der Waals surface area (Å²) in [4.78, 5) is 0. The highest BCUT2D eigenvalue weighted by Gasteiger charge is 2.43. The van der Waals surface area contributed by atoms with E-state index in [2.05, 4.69) is 35.1 Å². The minimum atomic E-state index is 0.397. The number of nitrogens with zero attached hydrogens (tertiary/aromatic N) is 2. The summed E-state index contributed by atoms with van der Waals surface area (Å²) in [7, 11) is 0. The van der Waals surface area contributed by atoms with Crippen LogP contribution in [0.3, 0.4) is 0 Å². The SMILES string of the molecule is CC(C)n1ncc2c1[C@]1(CCCNC1)CC2. The van der Waals surface area contributed by atoms with Crippen LogP contribution >= 0.6 is 0 Å². The van der Waals surface area contributed by atoms with Crippen molar-refractivity contribution in [2.75, 3.05) is 13.1 Å². The number of rotatable bonds is 1. The first-order valence-electron chi connectivity index (χ1n) is 6.50. The van der Waals surface area contributed by atoms with Crippen molar-refractivity contribution in [3.8, 4) is 0 Å². The average molecular weight is 219 g/mol. The van der Waals surface area contributed by atoms with E-state index in [-0.39, 0.29) is 0 Å². The highest BCUT2D eigenvalue weighted by molar-refractivity contribution is 5.34. The third-order valence-corrected chi connectivity index (χ3v) is 4.21. The molecule has 1 aliphatic heterocycles. The molecule has 88 valence electrons. The number of piperidine rings is 1. The van der Waals surface area contributed by atoms with Crippen molar-refractivity contribution >= 4 is 0 Å². The fraction of sp³-hybridized carbons (Fsp3) is 0.769. The number of aryl methyl sites for hydroxylation is 1.